The zero-order chi connectivity index (χ0) is 13.9. The van der Waals surface area contributed by atoms with Crippen LogP contribution in [0.2, 0.25) is 0 Å². The highest BCUT2D eigenvalue weighted by atomic mass is 32.2. The van der Waals surface area contributed by atoms with Crippen molar-refractivity contribution in [2.75, 3.05) is 11.6 Å². The zero-order valence-corrected chi connectivity index (χ0v) is 12.4. The van der Waals surface area contributed by atoms with Crippen LogP contribution in [0.25, 0.3) is 10.8 Å². The molecule has 102 valence electrons. The molecule has 0 aliphatic heterocycles. The van der Waals surface area contributed by atoms with Gasteiger partial charge in [-0.25, -0.2) is 0 Å². The third-order valence-corrected chi connectivity index (χ3v) is 5.22. The quantitative estimate of drug-likeness (QED) is 0.906. The number of benzene rings is 2. The Labute approximate surface area is 124 Å². The van der Waals surface area contributed by atoms with E-state index in [4.69, 9.17) is 0 Å². The van der Waals surface area contributed by atoms with Crippen molar-refractivity contribution in [3.8, 4) is 6.07 Å². The first kappa shape index (κ1) is 13.3. The van der Waals surface area contributed by atoms with E-state index in [-0.39, 0.29) is 0 Å². The molecule has 3 rings (SSSR count). The van der Waals surface area contributed by atoms with Crippen molar-refractivity contribution in [3.05, 3.63) is 42.0 Å². The lowest BCUT2D eigenvalue weighted by atomic mass is 10.0. The first-order valence-electron chi connectivity index (χ1n) is 7.03. The molecule has 0 aromatic heterocycles. The van der Waals surface area contributed by atoms with E-state index in [9.17, 15) is 5.26 Å². The molecular formula is C17H18N2S. The van der Waals surface area contributed by atoms with E-state index in [1.807, 2.05) is 42.1 Å². The smallest absolute Gasteiger partial charge is 0.0998 e. The van der Waals surface area contributed by atoms with Crippen molar-refractivity contribution in [3.63, 3.8) is 0 Å². The van der Waals surface area contributed by atoms with Gasteiger partial charge in [-0.05, 0) is 37.7 Å². The van der Waals surface area contributed by atoms with Crippen LogP contribution in [0.3, 0.4) is 0 Å². The first-order chi connectivity index (χ1) is 9.81. The molecule has 2 aromatic carbocycles. The van der Waals surface area contributed by atoms with Crippen LogP contribution in [0, 0.1) is 11.3 Å². The maximum absolute atomic E-state index is 9.20. The molecule has 20 heavy (non-hydrogen) atoms. The second-order valence-corrected chi connectivity index (χ2v) is 6.47. The second kappa shape index (κ2) is 5.76. The highest BCUT2D eigenvalue weighted by Crippen LogP contribution is 2.33. The van der Waals surface area contributed by atoms with Crippen molar-refractivity contribution >= 4 is 28.2 Å². The van der Waals surface area contributed by atoms with Gasteiger partial charge in [-0.1, -0.05) is 24.3 Å². The minimum atomic E-state index is 0.559. The lowest BCUT2D eigenvalue weighted by molar-refractivity contribution is 0.758. The third kappa shape index (κ3) is 2.48. The van der Waals surface area contributed by atoms with Crippen LogP contribution in [-0.4, -0.2) is 17.5 Å². The predicted molar refractivity (Wildman–Crippen MR) is 87.2 cm³/mol. The number of thioether (sulfide) groups is 1. The summed E-state index contributed by atoms with van der Waals surface area (Å²) in [4.78, 5) is 0. The van der Waals surface area contributed by atoms with Gasteiger partial charge in [0.2, 0.25) is 0 Å². The van der Waals surface area contributed by atoms with E-state index < -0.39 is 0 Å². The largest absolute Gasteiger partial charge is 0.382 e. The number of hydrogen-bond donors (Lipinski definition) is 1. The lowest BCUT2D eigenvalue weighted by Crippen LogP contribution is -2.16. The van der Waals surface area contributed by atoms with Crippen LogP contribution in [0.5, 0.6) is 0 Å². The van der Waals surface area contributed by atoms with Crippen LogP contribution in [0.1, 0.15) is 24.8 Å². The zero-order valence-electron chi connectivity index (χ0n) is 11.6. The normalized spacial score (nSPS) is 21.8. The number of hydrogen-bond acceptors (Lipinski definition) is 3. The molecule has 3 heteroatoms. The second-order valence-electron chi connectivity index (χ2n) is 5.33. The van der Waals surface area contributed by atoms with Crippen LogP contribution in [0.15, 0.2) is 36.4 Å². The summed E-state index contributed by atoms with van der Waals surface area (Å²) in [6.07, 6.45) is 5.96. The van der Waals surface area contributed by atoms with Gasteiger partial charge in [0.15, 0.2) is 0 Å². The van der Waals surface area contributed by atoms with Gasteiger partial charge in [0, 0.05) is 27.8 Å². The summed E-state index contributed by atoms with van der Waals surface area (Å²) in [5.41, 5.74) is 1.91. The summed E-state index contributed by atoms with van der Waals surface area (Å²) in [5.74, 6) is 0. The van der Waals surface area contributed by atoms with Gasteiger partial charge in [-0.2, -0.15) is 17.0 Å². The molecule has 0 spiro atoms. The third-order valence-electron chi connectivity index (χ3n) is 4.12. The molecule has 2 unspecified atom stereocenters. The van der Waals surface area contributed by atoms with Crippen molar-refractivity contribution < 1.29 is 0 Å². The molecule has 2 aromatic rings. The Bertz CT molecular complexity index is 660. The highest BCUT2D eigenvalue weighted by molar-refractivity contribution is 7.99. The summed E-state index contributed by atoms with van der Waals surface area (Å²) in [5, 5.41) is 15.9. The van der Waals surface area contributed by atoms with Crippen LogP contribution < -0.4 is 5.32 Å². The van der Waals surface area contributed by atoms with Gasteiger partial charge >= 0.3 is 0 Å². The maximum Gasteiger partial charge on any atom is 0.0998 e. The lowest BCUT2D eigenvalue weighted by Gasteiger charge is -2.16. The predicted octanol–water partition coefficient (Wildman–Crippen LogP) is 4.41. The molecular weight excluding hydrogens is 264 g/mol. The summed E-state index contributed by atoms with van der Waals surface area (Å²) < 4.78 is 0. The van der Waals surface area contributed by atoms with E-state index in [1.165, 1.54) is 19.3 Å². The summed E-state index contributed by atoms with van der Waals surface area (Å²) in [6, 6.07) is 15.0. The van der Waals surface area contributed by atoms with Gasteiger partial charge < -0.3 is 5.32 Å². The van der Waals surface area contributed by atoms with Gasteiger partial charge in [0.05, 0.1) is 11.6 Å². The van der Waals surface area contributed by atoms with Crippen LogP contribution in [0.4, 0.5) is 5.69 Å². The molecule has 0 amide bonds. The van der Waals surface area contributed by atoms with E-state index >= 15 is 0 Å². The van der Waals surface area contributed by atoms with Crippen molar-refractivity contribution in [1.82, 2.24) is 0 Å². The van der Waals surface area contributed by atoms with Crippen LogP contribution in [-0.2, 0) is 0 Å². The Balaban J connectivity index is 1.91. The molecule has 1 fully saturated rings. The van der Waals surface area contributed by atoms with Gasteiger partial charge in [0.25, 0.3) is 0 Å². The summed E-state index contributed by atoms with van der Waals surface area (Å²) in [7, 11) is 0. The molecule has 1 N–H and O–H groups in total. The Morgan fingerprint density at radius 3 is 2.65 bits per heavy atom. The molecule has 1 aliphatic rings. The van der Waals surface area contributed by atoms with Gasteiger partial charge in [0.1, 0.15) is 0 Å². The Morgan fingerprint density at radius 1 is 1.15 bits per heavy atom. The minimum absolute atomic E-state index is 0.559. The van der Waals surface area contributed by atoms with E-state index in [0.29, 0.717) is 6.04 Å². The monoisotopic (exact) mass is 282 g/mol. The average molecular weight is 282 g/mol. The fraction of sp³-hybridized carbons (Fsp3) is 0.353. The topological polar surface area (TPSA) is 35.8 Å². The molecule has 0 bridgehead atoms. The standard InChI is InChI=1S/C17H18N2S/c1-20-14-8-7-13(10-14)19-17-9-6-12(11-18)15-4-2-3-5-16(15)17/h2-6,9,13-14,19H,7-8,10H2,1H3. The van der Waals surface area contributed by atoms with E-state index in [1.54, 1.807) is 0 Å². The van der Waals surface area contributed by atoms with Crippen molar-refractivity contribution in [2.24, 2.45) is 0 Å². The summed E-state index contributed by atoms with van der Waals surface area (Å²) >= 11 is 1.97. The van der Waals surface area contributed by atoms with E-state index in [2.05, 4.69) is 23.7 Å². The molecule has 0 heterocycles. The fourth-order valence-electron chi connectivity index (χ4n) is 3.03. The average Bonchev–Trinajstić information content (AvgIpc) is 2.95. The molecule has 1 saturated carbocycles. The number of nitrogens with zero attached hydrogens (tertiary/aromatic N) is 1. The molecule has 1 aliphatic carbocycles. The Morgan fingerprint density at radius 2 is 1.95 bits per heavy atom. The number of rotatable bonds is 3. The molecule has 2 atom stereocenters. The SMILES string of the molecule is CSC1CCC(Nc2ccc(C#N)c3ccccc23)C1. The maximum atomic E-state index is 9.20. The van der Waals surface area contributed by atoms with Gasteiger partial charge in [-0.15, -0.1) is 0 Å². The number of anilines is 1. The molecule has 2 nitrogen and oxygen atoms in total. The Hall–Kier alpha value is -1.66. The number of nitrogens with one attached hydrogen (secondary N) is 1. The van der Waals surface area contributed by atoms with E-state index in [0.717, 1.165) is 27.3 Å². The fourth-order valence-corrected chi connectivity index (χ4v) is 3.82. The van der Waals surface area contributed by atoms with Crippen molar-refractivity contribution in [2.45, 2.75) is 30.6 Å². The van der Waals surface area contributed by atoms with Crippen molar-refractivity contribution in [1.29, 1.82) is 5.26 Å². The highest BCUT2D eigenvalue weighted by Gasteiger charge is 2.24. The molecule has 0 saturated heterocycles. The minimum Gasteiger partial charge on any atom is -0.382 e. The van der Waals surface area contributed by atoms with Crippen LogP contribution >= 0.6 is 11.8 Å². The first-order valence-corrected chi connectivity index (χ1v) is 8.32. The molecule has 0 radical (unpaired) electrons. The summed E-state index contributed by atoms with van der Waals surface area (Å²) in [6.45, 7) is 0. The Kier molecular flexibility index (Phi) is 3.84. The number of nitriles is 1. The number of fused-ring (bicyclic) bond motifs is 1. The van der Waals surface area contributed by atoms with Gasteiger partial charge in [-0.3, -0.25) is 0 Å².